The molecule has 0 spiro atoms. The van der Waals surface area contributed by atoms with E-state index in [0.717, 1.165) is 44.3 Å². The number of anilines is 1. The maximum Gasteiger partial charge on any atom is 0.328 e. The van der Waals surface area contributed by atoms with E-state index in [0.29, 0.717) is 23.4 Å². The van der Waals surface area contributed by atoms with E-state index in [9.17, 15) is 14.7 Å². The zero-order valence-corrected chi connectivity index (χ0v) is 17.9. The summed E-state index contributed by atoms with van der Waals surface area (Å²) in [5.41, 5.74) is 2.65. The Morgan fingerprint density at radius 2 is 1.53 bits per heavy atom. The lowest BCUT2D eigenvalue weighted by Crippen LogP contribution is -2.34. The Morgan fingerprint density at radius 1 is 0.933 bits per heavy atom. The third-order valence-corrected chi connectivity index (χ3v) is 4.87. The fraction of sp³-hybridized carbons (Fsp3) is 0.360. The Morgan fingerprint density at radius 3 is 2.13 bits per heavy atom. The normalized spacial score (nSPS) is 11.5. The monoisotopic (exact) mass is 408 g/mol. The van der Waals surface area contributed by atoms with Crippen molar-refractivity contribution in [3.8, 4) is 0 Å². The van der Waals surface area contributed by atoms with E-state index in [4.69, 9.17) is 0 Å². The van der Waals surface area contributed by atoms with E-state index in [1.807, 2.05) is 54.6 Å². The molecule has 2 aromatic rings. The fourth-order valence-electron chi connectivity index (χ4n) is 3.31. The van der Waals surface area contributed by atoms with Crippen molar-refractivity contribution in [3.63, 3.8) is 0 Å². The number of para-hydroxylation sites is 1. The van der Waals surface area contributed by atoms with Crippen LogP contribution in [0.2, 0.25) is 0 Å². The summed E-state index contributed by atoms with van der Waals surface area (Å²) in [7, 11) is 0. The quantitative estimate of drug-likeness (QED) is 0.483. The molecular formula is C25H32N2O3. The lowest BCUT2D eigenvalue weighted by Gasteiger charge is -2.22. The topological polar surface area (TPSA) is 69.6 Å². The van der Waals surface area contributed by atoms with E-state index in [1.165, 1.54) is 6.08 Å². The molecule has 0 fully saturated rings. The van der Waals surface area contributed by atoms with Crippen LogP contribution in [0.25, 0.3) is 5.57 Å². The van der Waals surface area contributed by atoms with Crippen molar-refractivity contribution in [1.82, 2.24) is 4.90 Å². The van der Waals surface area contributed by atoms with Crippen molar-refractivity contribution in [3.05, 3.63) is 71.8 Å². The number of hydrogen-bond donors (Lipinski definition) is 2. The summed E-state index contributed by atoms with van der Waals surface area (Å²) in [6.07, 6.45) is 5.50. The lowest BCUT2D eigenvalue weighted by molar-refractivity contribution is -0.131. The molecule has 0 saturated heterocycles. The van der Waals surface area contributed by atoms with Gasteiger partial charge in [0, 0.05) is 17.3 Å². The van der Waals surface area contributed by atoms with Crippen molar-refractivity contribution in [2.75, 3.05) is 25.0 Å². The molecule has 2 N–H and O–H groups in total. The largest absolute Gasteiger partial charge is 0.478 e. The summed E-state index contributed by atoms with van der Waals surface area (Å²) < 4.78 is 0. The van der Waals surface area contributed by atoms with Crippen LogP contribution in [0.1, 0.15) is 50.7 Å². The second-order valence-corrected chi connectivity index (χ2v) is 7.34. The predicted molar refractivity (Wildman–Crippen MR) is 122 cm³/mol. The Balaban J connectivity index is 2.24. The van der Waals surface area contributed by atoms with Gasteiger partial charge in [0.1, 0.15) is 0 Å². The standard InChI is InChI=1S/C25H32N2O3/c1-3-5-16-27(17-6-4-2)19-24(28)26-23-15-11-10-14-21(23)22(18-25(29)30)20-12-8-7-9-13-20/h7-15,18H,3-6,16-17,19H2,1-2H3,(H,26,28)(H,29,30)/b22-18+. The van der Waals surface area contributed by atoms with Gasteiger partial charge in [0.15, 0.2) is 0 Å². The minimum Gasteiger partial charge on any atom is -0.478 e. The predicted octanol–water partition coefficient (Wildman–Crippen LogP) is 5.04. The highest BCUT2D eigenvalue weighted by Crippen LogP contribution is 2.29. The molecule has 0 radical (unpaired) electrons. The molecule has 2 aromatic carbocycles. The Hall–Kier alpha value is -2.92. The first-order valence-electron chi connectivity index (χ1n) is 10.7. The van der Waals surface area contributed by atoms with Gasteiger partial charge in [-0.25, -0.2) is 4.79 Å². The van der Waals surface area contributed by atoms with Gasteiger partial charge in [-0.15, -0.1) is 0 Å². The van der Waals surface area contributed by atoms with E-state index in [2.05, 4.69) is 24.1 Å². The van der Waals surface area contributed by atoms with Crippen LogP contribution in [0.4, 0.5) is 5.69 Å². The van der Waals surface area contributed by atoms with Gasteiger partial charge in [-0.2, -0.15) is 0 Å². The molecule has 5 nitrogen and oxygen atoms in total. The van der Waals surface area contributed by atoms with E-state index in [-0.39, 0.29) is 5.91 Å². The van der Waals surface area contributed by atoms with Gasteiger partial charge < -0.3 is 10.4 Å². The number of unbranched alkanes of at least 4 members (excludes halogenated alkanes) is 2. The Bertz CT molecular complexity index is 838. The van der Waals surface area contributed by atoms with Crippen LogP contribution in [0.5, 0.6) is 0 Å². The number of nitrogens with zero attached hydrogens (tertiary/aromatic N) is 1. The van der Waals surface area contributed by atoms with Crippen LogP contribution >= 0.6 is 0 Å². The summed E-state index contributed by atoms with van der Waals surface area (Å²) in [5.74, 6) is -1.11. The maximum absolute atomic E-state index is 12.8. The summed E-state index contributed by atoms with van der Waals surface area (Å²) in [6.45, 7) is 6.43. The first-order valence-corrected chi connectivity index (χ1v) is 10.7. The van der Waals surface area contributed by atoms with Crippen LogP contribution in [0, 0.1) is 0 Å². The molecular weight excluding hydrogens is 376 g/mol. The molecule has 0 aromatic heterocycles. The zero-order valence-electron chi connectivity index (χ0n) is 17.9. The molecule has 0 aliphatic carbocycles. The summed E-state index contributed by atoms with van der Waals surface area (Å²) in [6, 6.07) is 16.7. The smallest absolute Gasteiger partial charge is 0.328 e. The van der Waals surface area contributed by atoms with E-state index in [1.54, 1.807) is 0 Å². The molecule has 0 bridgehead atoms. The number of carboxylic acid groups (broad SMARTS) is 1. The van der Waals surface area contributed by atoms with Crippen LogP contribution in [0.3, 0.4) is 0 Å². The van der Waals surface area contributed by atoms with Gasteiger partial charge >= 0.3 is 5.97 Å². The number of hydrogen-bond acceptors (Lipinski definition) is 3. The highest BCUT2D eigenvalue weighted by molar-refractivity contribution is 6.01. The number of nitrogens with one attached hydrogen (secondary N) is 1. The van der Waals surface area contributed by atoms with Crippen molar-refractivity contribution >= 4 is 23.1 Å². The number of rotatable bonds is 12. The lowest BCUT2D eigenvalue weighted by atomic mass is 9.96. The average Bonchev–Trinajstić information content (AvgIpc) is 2.75. The molecule has 0 unspecified atom stereocenters. The molecule has 160 valence electrons. The second-order valence-electron chi connectivity index (χ2n) is 7.34. The molecule has 5 heteroatoms. The number of benzene rings is 2. The molecule has 0 aliphatic heterocycles. The summed E-state index contributed by atoms with van der Waals surface area (Å²) >= 11 is 0. The third-order valence-electron chi connectivity index (χ3n) is 4.87. The maximum atomic E-state index is 12.8. The molecule has 1 amide bonds. The van der Waals surface area contributed by atoms with Gasteiger partial charge in [-0.05, 0) is 43.1 Å². The minimum atomic E-state index is -1.03. The highest BCUT2D eigenvalue weighted by atomic mass is 16.4. The fourth-order valence-corrected chi connectivity index (χ4v) is 3.31. The van der Waals surface area contributed by atoms with Crippen LogP contribution in [-0.2, 0) is 9.59 Å². The van der Waals surface area contributed by atoms with Gasteiger partial charge in [0.05, 0.1) is 6.54 Å². The second kappa shape index (κ2) is 12.6. The molecule has 0 saturated carbocycles. The minimum absolute atomic E-state index is 0.0857. The van der Waals surface area contributed by atoms with Crippen molar-refractivity contribution in [1.29, 1.82) is 0 Å². The molecule has 0 aliphatic rings. The van der Waals surface area contributed by atoms with Gasteiger partial charge in [-0.1, -0.05) is 75.2 Å². The number of carbonyl (C=O) groups is 2. The van der Waals surface area contributed by atoms with Crippen molar-refractivity contribution in [2.45, 2.75) is 39.5 Å². The number of carboxylic acids is 1. The summed E-state index contributed by atoms with van der Waals surface area (Å²) in [4.78, 5) is 26.5. The number of aliphatic carboxylic acids is 1. The van der Waals surface area contributed by atoms with Crippen LogP contribution in [0.15, 0.2) is 60.7 Å². The van der Waals surface area contributed by atoms with E-state index >= 15 is 0 Å². The molecule has 0 heterocycles. The van der Waals surface area contributed by atoms with E-state index < -0.39 is 5.97 Å². The van der Waals surface area contributed by atoms with Crippen LogP contribution < -0.4 is 5.32 Å². The molecule has 0 atom stereocenters. The third kappa shape index (κ3) is 7.48. The van der Waals surface area contributed by atoms with Crippen molar-refractivity contribution in [2.24, 2.45) is 0 Å². The first kappa shape index (κ1) is 23.4. The molecule has 30 heavy (non-hydrogen) atoms. The van der Waals surface area contributed by atoms with Gasteiger partial charge in [-0.3, -0.25) is 9.69 Å². The van der Waals surface area contributed by atoms with Gasteiger partial charge in [0.2, 0.25) is 5.91 Å². The molecule has 2 rings (SSSR count). The van der Waals surface area contributed by atoms with Crippen LogP contribution in [-0.4, -0.2) is 41.5 Å². The Labute approximate surface area is 179 Å². The first-order chi connectivity index (χ1) is 14.5. The Kier molecular flexibility index (Phi) is 9.81. The van der Waals surface area contributed by atoms with Gasteiger partial charge in [0.25, 0.3) is 0 Å². The van der Waals surface area contributed by atoms with Crippen molar-refractivity contribution < 1.29 is 14.7 Å². The number of amides is 1. The number of carbonyl (C=O) groups excluding carboxylic acids is 1. The average molecular weight is 409 g/mol. The SMILES string of the molecule is CCCCN(CCCC)CC(=O)Nc1ccccc1/C(=C/C(=O)O)c1ccccc1. The highest BCUT2D eigenvalue weighted by Gasteiger charge is 2.15. The summed E-state index contributed by atoms with van der Waals surface area (Å²) in [5, 5.41) is 12.4. The zero-order chi connectivity index (χ0) is 21.8.